The topological polar surface area (TPSA) is 0 Å². The Kier molecular flexibility index (Phi) is 2.40. The van der Waals surface area contributed by atoms with Crippen molar-refractivity contribution in [3.63, 3.8) is 0 Å². The molecule has 1 aliphatic heterocycles. The monoisotopic (exact) mass is 285 g/mol. The second-order valence-electron chi connectivity index (χ2n) is 1.92. The summed E-state index contributed by atoms with van der Waals surface area (Å²) in [5.74, 6) is -4.13. The van der Waals surface area contributed by atoms with E-state index in [2.05, 4.69) is 0 Å². The Balaban J connectivity index is 2.97. The zero-order valence-corrected chi connectivity index (χ0v) is 7.21. The van der Waals surface area contributed by atoms with Gasteiger partial charge < -0.3 is 0 Å². The van der Waals surface area contributed by atoms with Crippen molar-refractivity contribution in [2.45, 2.75) is 10.1 Å². The van der Waals surface area contributed by atoms with E-state index in [1.807, 2.05) is 0 Å². The molecule has 0 N–H and O–H groups in total. The van der Waals surface area contributed by atoms with Crippen LogP contribution in [0.2, 0.25) is 0 Å². The zero-order valence-electron chi connectivity index (χ0n) is 5.05. The summed E-state index contributed by atoms with van der Waals surface area (Å²) in [6.07, 6.45) is -2.15. The van der Waals surface area contributed by atoms with E-state index in [9.17, 15) is 22.0 Å². The average Bonchev–Trinajstić information content (AvgIpc) is 1.95. The molecule has 0 aromatic rings. The maximum atomic E-state index is 12.2. The van der Waals surface area contributed by atoms with Crippen molar-refractivity contribution >= 4 is 0 Å². The summed E-state index contributed by atoms with van der Waals surface area (Å²) in [7, 11) is 0. The van der Waals surface area contributed by atoms with Crippen LogP contribution < -0.4 is 21.2 Å². The SMILES string of the molecule is FC1=C(F)C(F)(F)[I-]CC1F. The molecule has 66 valence electrons. The van der Waals surface area contributed by atoms with E-state index in [0.717, 1.165) is 0 Å². The molecule has 1 aliphatic rings. The Hall–Kier alpha value is 0.120. The van der Waals surface area contributed by atoms with Crippen LogP contribution in [-0.2, 0) is 0 Å². The van der Waals surface area contributed by atoms with Gasteiger partial charge in [0, 0.05) is 0 Å². The van der Waals surface area contributed by atoms with Crippen molar-refractivity contribution in [2.24, 2.45) is 0 Å². The molecule has 0 saturated heterocycles. The van der Waals surface area contributed by atoms with Crippen molar-refractivity contribution in [1.29, 1.82) is 0 Å². The fourth-order valence-electron chi connectivity index (χ4n) is 0.564. The molecular formula is C5H3F5I-. The van der Waals surface area contributed by atoms with E-state index in [1.165, 1.54) is 0 Å². The summed E-state index contributed by atoms with van der Waals surface area (Å²) in [6.45, 7) is 0. The van der Waals surface area contributed by atoms with Gasteiger partial charge in [0.2, 0.25) is 0 Å². The van der Waals surface area contributed by atoms with E-state index in [4.69, 9.17) is 0 Å². The van der Waals surface area contributed by atoms with E-state index < -0.39 is 47.4 Å². The zero-order chi connectivity index (χ0) is 8.65. The molecule has 1 unspecified atom stereocenters. The Morgan fingerprint density at radius 1 is 1.36 bits per heavy atom. The van der Waals surface area contributed by atoms with Gasteiger partial charge in [-0.05, 0) is 0 Å². The molecule has 0 fully saturated rings. The van der Waals surface area contributed by atoms with Crippen molar-refractivity contribution in [1.82, 2.24) is 0 Å². The third kappa shape index (κ3) is 1.65. The summed E-state index contributed by atoms with van der Waals surface area (Å²) in [6, 6.07) is 0. The molecule has 0 spiro atoms. The molecular weight excluding hydrogens is 282 g/mol. The molecule has 1 rings (SSSR count). The van der Waals surface area contributed by atoms with E-state index in [1.54, 1.807) is 0 Å². The molecule has 0 aromatic heterocycles. The molecule has 1 atom stereocenters. The molecule has 6 heteroatoms. The van der Waals surface area contributed by atoms with Gasteiger partial charge in [0.25, 0.3) is 0 Å². The summed E-state index contributed by atoms with van der Waals surface area (Å²) in [5, 5.41) is 0. The second kappa shape index (κ2) is 2.87. The second-order valence-corrected chi connectivity index (χ2v) is 4.91. The standard InChI is InChI=1S/C5H3F5I/c6-2-1-11-5(9,10)4(8)3(2)7/h2H,1H2/q-1. The number of rotatable bonds is 0. The summed E-state index contributed by atoms with van der Waals surface area (Å²) in [5.41, 5.74) is 0. The van der Waals surface area contributed by atoms with Gasteiger partial charge in [-0.2, -0.15) is 0 Å². The fraction of sp³-hybridized carbons (Fsp3) is 0.600. The predicted octanol–water partition coefficient (Wildman–Crippen LogP) is -0.830. The van der Waals surface area contributed by atoms with Crippen LogP contribution in [-0.4, -0.2) is 14.5 Å². The van der Waals surface area contributed by atoms with Gasteiger partial charge in [-0.25, -0.2) is 0 Å². The quantitative estimate of drug-likeness (QED) is 0.310. The Morgan fingerprint density at radius 3 is 2.36 bits per heavy atom. The van der Waals surface area contributed by atoms with E-state index in [-0.39, 0.29) is 0 Å². The minimum absolute atomic E-state index is 0.550. The van der Waals surface area contributed by atoms with Gasteiger partial charge in [0.15, 0.2) is 0 Å². The van der Waals surface area contributed by atoms with Crippen LogP contribution in [0.4, 0.5) is 22.0 Å². The number of hydrogen-bond donors (Lipinski definition) is 0. The van der Waals surface area contributed by atoms with Crippen LogP contribution in [0.1, 0.15) is 0 Å². The predicted molar refractivity (Wildman–Crippen MR) is 24.0 cm³/mol. The van der Waals surface area contributed by atoms with Crippen LogP contribution >= 0.6 is 0 Å². The molecule has 0 aliphatic carbocycles. The molecule has 0 amide bonds. The first-order valence-electron chi connectivity index (χ1n) is 2.63. The number of hydrogen-bond acceptors (Lipinski definition) is 0. The van der Waals surface area contributed by atoms with Crippen molar-refractivity contribution in [2.75, 3.05) is 4.43 Å². The average molecular weight is 285 g/mol. The first kappa shape index (κ1) is 9.21. The van der Waals surface area contributed by atoms with Crippen LogP contribution in [0.3, 0.4) is 0 Å². The van der Waals surface area contributed by atoms with Gasteiger partial charge in [0.1, 0.15) is 0 Å². The van der Waals surface area contributed by atoms with Gasteiger partial charge >= 0.3 is 69.3 Å². The molecule has 0 nitrogen and oxygen atoms in total. The van der Waals surface area contributed by atoms with Crippen molar-refractivity contribution < 1.29 is 43.2 Å². The maximum absolute atomic E-state index is 12.2. The van der Waals surface area contributed by atoms with Crippen LogP contribution in [0.15, 0.2) is 11.7 Å². The Morgan fingerprint density at radius 2 is 1.91 bits per heavy atom. The number of halogens is 6. The van der Waals surface area contributed by atoms with Crippen LogP contribution in [0.5, 0.6) is 0 Å². The fourth-order valence-corrected chi connectivity index (χ4v) is 2.48. The molecule has 0 saturated carbocycles. The van der Waals surface area contributed by atoms with E-state index >= 15 is 0 Å². The van der Waals surface area contributed by atoms with Gasteiger partial charge in [0.05, 0.1) is 0 Å². The molecule has 1 heterocycles. The molecule has 0 aromatic carbocycles. The number of alkyl halides is 5. The minimum atomic E-state index is -3.70. The number of allylic oxidation sites excluding steroid dienone is 2. The first-order valence-corrected chi connectivity index (χ1v) is 5.23. The van der Waals surface area contributed by atoms with Crippen LogP contribution in [0, 0.1) is 0 Å². The third-order valence-electron chi connectivity index (χ3n) is 1.11. The normalized spacial score (nSPS) is 31.5. The van der Waals surface area contributed by atoms with Gasteiger partial charge in [-0.3, -0.25) is 0 Å². The summed E-state index contributed by atoms with van der Waals surface area (Å²) in [4.78, 5) is 0. The van der Waals surface area contributed by atoms with E-state index in [0.29, 0.717) is 0 Å². The summed E-state index contributed by atoms with van der Waals surface area (Å²) < 4.78 is 56.7. The third-order valence-corrected chi connectivity index (χ3v) is 3.76. The Bertz CT molecular complexity index is 199. The van der Waals surface area contributed by atoms with Crippen LogP contribution in [0.25, 0.3) is 0 Å². The first-order chi connectivity index (χ1) is 4.95. The summed E-state index contributed by atoms with van der Waals surface area (Å²) >= 11 is -1.92. The molecule has 0 radical (unpaired) electrons. The van der Waals surface area contributed by atoms with Gasteiger partial charge in [-0.1, -0.05) is 0 Å². The van der Waals surface area contributed by atoms with Gasteiger partial charge in [-0.15, -0.1) is 0 Å². The molecule has 11 heavy (non-hydrogen) atoms. The Labute approximate surface area is 69.7 Å². The molecule has 0 bridgehead atoms. The van der Waals surface area contributed by atoms with Crippen molar-refractivity contribution in [3.05, 3.63) is 11.7 Å². The van der Waals surface area contributed by atoms with Crippen molar-refractivity contribution in [3.8, 4) is 0 Å².